The van der Waals surface area contributed by atoms with Crippen LogP contribution >= 0.6 is 0 Å². The van der Waals surface area contributed by atoms with E-state index in [-0.39, 0.29) is 0 Å². The Bertz CT molecular complexity index is 2890. The van der Waals surface area contributed by atoms with Gasteiger partial charge in [0.1, 0.15) is 5.52 Å². The molecule has 0 fully saturated rings. The van der Waals surface area contributed by atoms with Crippen molar-refractivity contribution < 1.29 is 4.42 Å². The molecular formula is C49H32N2O. The van der Waals surface area contributed by atoms with Crippen molar-refractivity contribution in [2.45, 2.75) is 0 Å². The molecule has 0 unspecified atom stereocenters. The van der Waals surface area contributed by atoms with Crippen molar-refractivity contribution in [3.63, 3.8) is 0 Å². The van der Waals surface area contributed by atoms with Crippen molar-refractivity contribution in [1.82, 2.24) is 4.98 Å². The van der Waals surface area contributed by atoms with Crippen molar-refractivity contribution in [1.29, 1.82) is 0 Å². The second-order valence-corrected chi connectivity index (χ2v) is 13.1. The summed E-state index contributed by atoms with van der Waals surface area (Å²) < 4.78 is 6.66. The first-order valence-corrected chi connectivity index (χ1v) is 17.6. The summed E-state index contributed by atoms with van der Waals surface area (Å²) >= 11 is 0. The second kappa shape index (κ2) is 12.4. The molecular weight excluding hydrogens is 633 g/mol. The van der Waals surface area contributed by atoms with Crippen molar-refractivity contribution >= 4 is 60.5 Å². The van der Waals surface area contributed by atoms with E-state index >= 15 is 0 Å². The first kappa shape index (κ1) is 29.9. The molecule has 0 aliphatic rings. The molecule has 0 atom stereocenters. The SMILES string of the molecule is c1ccc(-c2nc3ccc4cccc(N(c5ccc(-c6cc7ccccc7c7ccccc67)cc5)c5ccccc5-c5ccccc5)c4c3o2)cc1. The summed E-state index contributed by atoms with van der Waals surface area (Å²) in [4.78, 5) is 7.32. The highest BCUT2D eigenvalue weighted by Crippen LogP contribution is 2.46. The van der Waals surface area contributed by atoms with Crippen LogP contribution in [0.3, 0.4) is 0 Å². The Kier molecular flexibility index (Phi) is 7.14. The predicted octanol–water partition coefficient (Wildman–Crippen LogP) is 13.8. The van der Waals surface area contributed by atoms with Crippen LogP contribution in [0.5, 0.6) is 0 Å². The maximum absolute atomic E-state index is 6.66. The summed E-state index contributed by atoms with van der Waals surface area (Å²) in [5, 5.41) is 7.12. The minimum Gasteiger partial charge on any atom is -0.435 e. The Balaban J connectivity index is 1.20. The number of para-hydroxylation sites is 1. The minimum atomic E-state index is 0.612. The van der Waals surface area contributed by atoms with Gasteiger partial charge in [-0.25, -0.2) is 4.98 Å². The maximum Gasteiger partial charge on any atom is 0.227 e. The zero-order valence-corrected chi connectivity index (χ0v) is 28.3. The Morgan fingerprint density at radius 1 is 0.404 bits per heavy atom. The first-order chi connectivity index (χ1) is 25.8. The molecule has 0 saturated heterocycles. The molecule has 0 aliphatic carbocycles. The molecule has 0 aliphatic heterocycles. The Hall–Kier alpha value is -6.97. The van der Waals surface area contributed by atoms with Gasteiger partial charge in [-0.3, -0.25) is 0 Å². The Morgan fingerprint density at radius 2 is 1.02 bits per heavy atom. The quantitative estimate of drug-likeness (QED) is 0.166. The van der Waals surface area contributed by atoms with E-state index in [4.69, 9.17) is 9.40 Å². The third-order valence-electron chi connectivity index (χ3n) is 10.1. The first-order valence-electron chi connectivity index (χ1n) is 17.6. The number of nitrogens with zero attached hydrogens (tertiary/aromatic N) is 2. The van der Waals surface area contributed by atoms with Crippen LogP contribution in [-0.2, 0) is 0 Å². The lowest BCUT2D eigenvalue weighted by molar-refractivity contribution is 0.623. The number of benzene rings is 9. The van der Waals surface area contributed by atoms with Crippen molar-refractivity contribution in [3.05, 3.63) is 194 Å². The summed E-state index contributed by atoms with van der Waals surface area (Å²) in [6.07, 6.45) is 0. The smallest absolute Gasteiger partial charge is 0.227 e. The molecule has 1 aromatic heterocycles. The van der Waals surface area contributed by atoms with Crippen LogP contribution in [-0.4, -0.2) is 4.98 Å². The highest BCUT2D eigenvalue weighted by molar-refractivity contribution is 6.15. The zero-order chi connectivity index (χ0) is 34.4. The van der Waals surface area contributed by atoms with Crippen LogP contribution in [0.2, 0.25) is 0 Å². The monoisotopic (exact) mass is 664 g/mol. The molecule has 0 bridgehead atoms. The van der Waals surface area contributed by atoms with Crippen LogP contribution < -0.4 is 4.90 Å². The van der Waals surface area contributed by atoms with Gasteiger partial charge in [-0.1, -0.05) is 146 Å². The average Bonchev–Trinajstić information content (AvgIpc) is 3.67. The number of aromatic nitrogens is 1. The number of hydrogen-bond donors (Lipinski definition) is 0. The molecule has 10 aromatic rings. The van der Waals surface area contributed by atoms with Gasteiger partial charge in [0.25, 0.3) is 0 Å². The van der Waals surface area contributed by atoms with Gasteiger partial charge in [0.05, 0.1) is 16.8 Å². The van der Waals surface area contributed by atoms with E-state index in [0.717, 1.165) is 55.6 Å². The van der Waals surface area contributed by atoms with E-state index in [2.05, 4.69) is 169 Å². The Labute approximate surface area is 301 Å². The fourth-order valence-electron chi connectivity index (χ4n) is 7.65. The van der Waals surface area contributed by atoms with Crippen molar-refractivity contribution in [2.24, 2.45) is 0 Å². The second-order valence-electron chi connectivity index (χ2n) is 13.1. The van der Waals surface area contributed by atoms with E-state index in [1.807, 2.05) is 30.3 Å². The van der Waals surface area contributed by atoms with E-state index in [9.17, 15) is 0 Å². The van der Waals surface area contributed by atoms with Crippen molar-refractivity contribution in [2.75, 3.05) is 4.90 Å². The molecule has 52 heavy (non-hydrogen) atoms. The minimum absolute atomic E-state index is 0.612. The molecule has 3 nitrogen and oxygen atoms in total. The topological polar surface area (TPSA) is 29.3 Å². The number of rotatable bonds is 6. The number of hydrogen-bond acceptors (Lipinski definition) is 3. The zero-order valence-electron chi connectivity index (χ0n) is 28.3. The van der Waals surface area contributed by atoms with E-state index < -0.39 is 0 Å². The van der Waals surface area contributed by atoms with E-state index in [0.29, 0.717) is 5.89 Å². The molecule has 1 heterocycles. The van der Waals surface area contributed by atoms with Crippen LogP contribution in [0.4, 0.5) is 17.1 Å². The van der Waals surface area contributed by atoms with Crippen LogP contribution in [0.25, 0.3) is 77.1 Å². The molecule has 0 N–H and O–H groups in total. The van der Waals surface area contributed by atoms with E-state index in [1.54, 1.807) is 0 Å². The van der Waals surface area contributed by atoms with Gasteiger partial charge < -0.3 is 9.32 Å². The van der Waals surface area contributed by atoms with Crippen LogP contribution in [0.15, 0.2) is 199 Å². The molecule has 10 rings (SSSR count). The summed E-state index contributed by atoms with van der Waals surface area (Å²) in [5.41, 5.74) is 10.4. The Morgan fingerprint density at radius 3 is 1.83 bits per heavy atom. The van der Waals surface area contributed by atoms with Gasteiger partial charge >= 0.3 is 0 Å². The normalized spacial score (nSPS) is 11.5. The lowest BCUT2D eigenvalue weighted by atomic mass is 9.93. The van der Waals surface area contributed by atoms with Gasteiger partial charge in [0, 0.05) is 16.8 Å². The van der Waals surface area contributed by atoms with Gasteiger partial charge in [0.2, 0.25) is 5.89 Å². The third-order valence-corrected chi connectivity index (χ3v) is 10.1. The number of fused-ring (bicyclic) bond motifs is 6. The summed E-state index contributed by atoms with van der Waals surface area (Å²) in [7, 11) is 0. The lowest BCUT2D eigenvalue weighted by Gasteiger charge is -2.29. The van der Waals surface area contributed by atoms with Crippen molar-refractivity contribution in [3.8, 4) is 33.7 Å². The average molecular weight is 665 g/mol. The molecule has 0 spiro atoms. The largest absolute Gasteiger partial charge is 0.435 e. The van der Waals surface area contributed by atoms with Gasteiger partial charge in [-0.05, 0) is 92.2 Å². The third kappa shape index (κ3) is 5.02. The highest BCUT2D eigenvalue weighted by Gasteiger charge is 2.22. The summed E-state index contributed by atoms with van der Waals surface area (Å²) in [5.74, 6) is 0.612. The highest BCUT2D eigenvalue weighted by atomic mass is 16.3. The van der Waals surface area contributed by atoms with Gasteiger partial charge in [0.15, 0.2) is 5.58 Å². The molecule has 3 heteroatoms. The fourth-order valence-corrected chi connectivity index (χ4v) is 7.65. The van der Waals surface area contributed by atoms with E-state index in [1.165, 1.54) is 32.7 Å². The molecule has 9 aromatic carbocycles. The summed E-state index contributed by atoms with van der Waals surface area (Å²) in [6, 6.07) is 68.7. The number of anilines is 3. The van der Waals surface area contributed by atoms with Crippen LogP contribution in [0.1, 0.15) is 0 Å². The van der Waals surface area contributed by atoms with Gasteiger partial charge in [-0.15, -0.1) is 0 Å². The van der Waals surface area contributed by atoms with Gasteiger partial charge in [-0.2, -0.15) is 0 Å². The standard InChI is InChI=1S/C49H32N2O/c1-3-14-33(15-4-1)40-21-11-12-24-45(40)51(46-25-13-19-35-28-31-44-48(47(35)46)52-49(50-44)36-16-5-2-6-17-36)38-29-26-34(27-30-38)43-32-37-18-7-8-20-39(37)41-22-9-10-23-42(41)43/h1-32H. The number of oxazole rings is 1. The fraction of sp³-hybridized carbons (Fsp3) is 0. The molecule has 0 amide bonds. The molecule has 0 saturated carbocycles. The lowest BCUT2D eigenvalue weighted by Crippen LogP contribution is -2.11. The molecule has 0 radical (unpaired) electrons. The van der Waals surface area contributed by atoms with Crippen LogP contribution in [0, 0.1) is 0 Å². The molecule has 244 valence electrons. The maximum atomic E-state index is 6.66. The summed E-state index contributed by atoms with van der Waals surface area (Å²) in [6.45, 7) is 0. The predicted molar refractivity (Wildman–Crippen MR) is 218 cm³/mol.